The van der Waals surface area contributed by atoms with E-state index in [1.807, 2.05) is 0 Å². The Labute approximate surface area is 194 Å². The van der Waals surface area contributed by atoms with Crippen LogP contribution in [0.25, 0.3) is 0 Å². The third-order valence-electron chi connectivity index (χ3n) is 5.64. The normalized spacial score (nSPS) is 17.8. The molecule has 8 nitrogen and oxygen atoms in total. The lowest BCUT2D eigenvalue weighted by atomic mass is 9.82. The zero-order valence-electron chi connectivity index (χ0n) is 17.3. The zero-order valence-corrected chi connectivity index (χ0v) is 18.8. The number of aromatic hydroxyl groups is 1. The first-order chi connectivity index (χ1) is 15.1. The second kappa shape index (κ2) is 9.26. The fourth-order valence-electron chi connectivity index (χ4n) is 3.96. The minimum Gasteiger partial charge on any atom is -0.506 e. The number of halogens is 2. The lowest BCUT2D eigenvalue weighted by Gasteiger charge is -2.35. The monoisotopic (exact) mass is 479 g/mol. The third kappa shape index (κ3) is 4.76. The lowest BCUT2D eigenvalue weighted by molar-refractivity contribution is -0.140. The molecule has 3 rings (SSSR count). The predicted octanol–water partition coefficient (Wildman–Crippen LogP) is 3.53. The maximum atomic E-state index is 13.2. The Balaban J connectivity index is 1.91. The van der Waals surface area contributed by atoms with Crippen molar-refractivity contribution in [3.05, 3.63) is 52.0 Å². The summed E-state index contributed by atoms with van der Waals surface area (Å²) in [6.45, 7) is 1.79. The fourth-order valence-corrected chi connectivity index (χ4v) is 4.46. The van der Waals surface area contributed by atoms with Gasteiger partial charge in [-0.15, -0.1) is 0 Å². The van der Waals surface area contributed by atoms with Crippen LogP contribution in [0.15, 0.2) is 36.4 Å². The number of amides is 2. The highest BCUT2D eigenvalue weighted by Gasteiger charge is 2.42. The van der Waals surface area contributed by atoms with Crippen LogP contribution in [0.1, 0.15) is 31.7 Å². The number of aliphatic carboxylic acids is 1. The number of carbonyl (C=O) groups excluding carboxylic acids is 2. The topological polar surface area (TPSA) is 133 Å². The molecule has 2 unspecified atom stereocenters. The summed E-state index contributed by atoms with van der Waals surface area (Å²) in [6.07, 6.45) is -0.427. The summed E-state index contributed by atoms with van der Waals surface area (Å²) in [5.74, 6) is -3.02. The van der Waals surface area contributed by atoms with E-state index in [4.69, 9.17) is 28.9 Å². The van der Waals surface area contributed by atoms with Gasteiger partial charge in [-0.25, -0.2) is 0 Å². The van der Waals surface area contributed by atoms with Crippen LogP contribution in [0.4, 0.5) is 11.4 Å². The molecule has 0 spiro atoms. The molecule has 2 amide bonds. The number of nitrogens with one attached hydrogen (secondary N) is 1. The Bertz CT molecular complexity index is 1080. The summed E-state index contributed by atoms with van der Waals surface area (Å²) in [7, 11) is 0. The zero-order chi connectivity index (χ0) is 23.6. The molecule has 2 aromatic carbocycles. The molecule has 1 saturated heterocycles. The van der Waals surface area contributed by atoms with Crippen LogP contribution < -0.4 is 16.0 Å². The highest BCUT2D eigenvalue weighted by Crippen LogP contribution is 2.41. The van der Waals surface area contributed by atoms with E-state index in [1.165, 1.54) is 17.0 Å². The number of phenols is 1. The number of carbonyl (C=O) groups is 3. The first kappa shape index (κ1) is 23.7. The first-order valence-corrected chi connectivity index (χ1v) is 10.7. The first-order valence-electron chi connectivity index (χ1n) is 9.94. The molecular formula is C22H23Cl2N3O5. The standard InChI is InChI=1S/C22H23Cl2N3O5/c1-2-22(10-19(29)30,16-7-13(23)8-17(24)20(16)31)26-21(32)12-6-18(28)27(11-12)15-5-3-4-14(25)9-15/h3-5,7-9,12,31H,2,6,10-11,25H2,1H3,(H,26,32)(H,29,30). The summed E-state index contributed by atoms with van der Waals surface area (Å²) in [5, 5.41) is 23.0. The van der Waals surface area contributed by atoms with E-state index in [2.05, 4.69) is 5.32 Å². The van der Waals surface area contributed by atoms with Crippen LogP contribution in [-0.4, -0.2) is 34.5 Å². The molecule has 170 valence electrons. The average Bonchev–Trinajstić information content (AvgIpc) is 3.11. The maximum Gasteiger partial charge on any atom is 0.306 e. The summed E-state index contributed by atoms with van der Waals surface area (Å²) in [4.78, 5) is 38.9. The van der Waals surface area contributed by atoms with Crippen LogP contribution in [0.5, 0.6) is 5.75 Å². The molecule has 0 saturated carbocycles. The van der Waals surface area contributed by atoms with Gasteiger partial charge >= 0.3 is 5.97 Å². The van der Waals surface area contributed by atoms with Crippen molar-refractivity contribution < 1.29 is 24.6 Å². The number of benzene rings is 2. The molecule has 0 radical (unpaired) electrons. The number of hydrogen-bond acceptors (Lipinski definition) is 5. The molecule has 1 aliphatic heterocycles. The van der Waals surface area contributed by atoms with Crippen molar-refractivity contribution in [1.82, 2.24) is 5.32 Å². The Morgan fingerprint density at radius 1 is 1.28 bits per heavy atom. The number of nitrogen functional groups attached to an aromatic ring is 1. The lowest BCUT2D eigenvalue weighted by Crippen LogP contribution is -2.49. The van der Waals surface area contributed by atoms with Gasteiger partial charge in [0.15, 0.2) is 0 Å². The molecule has 1 aliphatic rings. The molecule has 1 fully saturated rings. The Morgan fingerprint density at radius 3 is 2.62 bits per heavy atom. The summed E-state index contributed by atoms with van der Waals surface area (Å²) in [6, 6.07) is 9.48. The number of anilines is 2. The van der Waals surface area contributed by atoms with E-state index in [0.717, 1.165) is 0 Å². The Morgan fingerprint density at radius 2 is 2.00 bits per heavy atom. The molecule has 10 heteroatoms. The van der Waals surface area contributed by atoms with Crippen molar-refractivity contribution in [3.8, 4) is 5.75 Å². The predicted molar refractivity (Wildman–Crippen MR) is 122 cm³/mol. The highest BCUT2D eigenvalue weighted by atomic mass is 35.5. The number of hydrogen-bond donors (Lipinski definition) is 4. The van der Waals surface area contributed by atoms with Crippen molar-refractivity contribution in [1.29, 1.82) is 0 Å². The number of phenolic OH excluding ortho intramolecular Hbond substituents is 1. The molecule has 0 aliphatic carbocycles. The summed E-state index contributed by atoms with van der Waals surface area (Å²) >= 11 is 12.1. The van der Waals surface area contributed by atoms with E-state index in [9.17, 15) is 24.6 Å². The van der Waals surface area contributed by atoms with Crippen LogP contribution in [0.2, 0.25) is 10.0 Å². The van der Waals surface area contributed by atoms with Gasteiger partial charge in [0.1, 0.15) is 5.75 Å². The smallest absolute Gasteiger partial charge is 0.306 e. The van der Waals surface area contributed by atoms with Crippen molar-refractivity contribution in [2.45, 2.75) is 31.7 Å². The van der Waals surface area contributed by atoms with Gasteiger partial charge in [-0.2, -0.15) is 0 Å². The van der Waals surface area contributed by atoms with Crippen molar-refractivity contribution in [2.75, 3.05) is 17.2 Å². The van der Waals surface area contributed by atoms with Crippen LogP contribution >= 0.6 is 23.2 Å². The van der Waals surface area contributed by atoms with Gasteiger partial charge < -0.3 is 26.2 Å². The quantitative estimate of drug-likeness (QED) is 0.448. The van der Waals surface area contributed by atoms with Gasteiger partial charge in [-0.1, -0.05) is 36.2 Å². The van der Waals surface area contributed by atoms with Crippen LogP contribution in [0, 0.1) is 5.92 Å². The minimum absolute atomic E-state index is 0.0459. The second-order valence-corrected chi connectivity index (χ2v) is 8.62. The van der Waals surface area contributed by atoms with Gasteiger partial charge in [-0.05, 0) is 36.8 Å². The molecule has 2 atom stereocenters. The van der Waals surface area contributed by atoms with E-state index >= 15 is 0 Å². The van der Waals surface area contributed by atoms with Gasteiger partial charge in [-0.3, -0.25) is 14.4 Å². The van der Waals surface area contributed by atoms with Crippen molar-refractivity contribution in [3.63, 3.8) is 0 Å². The Hall–Kier alpha value is -2.97. The third-order valence-corrected chi connectivity index (χ3v) is 6.15. The van der Waals surface area contributed by atoms with Gasteiger partial charge in [0.05, 0.1) is 22.9 Å². The molecule has 32 heavy (non-hydrogen) atoms. The number of nitrogens with zero attached hydrogens (tertiary/aromatic N) is 1. The summed E-state index contributed by atoms with van der Waals surface area (Å²) in [5.41, 5.74) is 5.49. The number of nitrogens with two attached hydrogens (primary N) is 1. The van der Waals surface area contributed by atoms with Gasteiger partial charge in [0.2, 0.25) is 11.8 Å². The van der Waals surface area contributed by atoms with Crippen LogP contribution in [0.3, 0.4) is 0 Å². The molecule has 0 bridgehead atoms. The number of carboxylic acids is 1. The molecule has 5 N–H and O–H groups in total. The van der Waals surface area contributed by atoms with Crippen molar-refractivity contribution >= 4 is 52.4 Å². The average molecular weight is 480 g/mol. The van der Waals surface area contributed by atoms with E-state index in [0.29, 0.717) is 11.4 Å². The van der Waals surface area contributed by atoms with Crippen LogP contribution in [-0.2, 0) is 19.9 Å². The molecule has 2 aromatic rings. The molecule has 1 heterocycles. The molecule has 0 aromatic heterocycles. The summed E-state index contributed by atoms with van der Waals surface area (Å²) < 4.78 is 0. The molecular weight excluding hydrogens is 457 g/mol. The SMILES string of the molecule is CCC(CC(=O)O)(NC(=O)C1CC(=O)N(c2cccc(N)c2)C1)c1cc(Cl)cc(Cl)c1O. The van der Waals surface area contributed by atoms with Gasteiger partial charge in [0, 0.05) is 34.9 Å². The fraction of sp³-hybridized carbons (Fsp3) is 0.318. The van der Waals surface area contributed by atoms with E-state index in [1.54, 1.807) is 31.2 Å². The highest BCUT2D eigenvalue weighted by molar-refractivity contribution is 6.35. The largest absolute Gasteiger partial charge is 0.506 e. The second-order valence-electron chi connectivity index (χ2n) is 7.78. The van der Waals surface area contributed by atoms with Crippen molar-refractivity contribution in [2.24, 2.45) is 5.92 Å². The Kier molecular flexibility index (Phi) is 6.85. The van der Waals surface area contributed by atoms with Gasteiger partial charge in [0.25, 0.3) is 0 Å². The number of rotatable bonds is 7. The van der Waals surface area contributed by atoms with E-state index in [-0.39, 0.29) is 46.7 Å². The number of carboxylic acid groups (broad SMARTS) is 1. The minimum atomic E-state index is -1.48. The maximum absolute atomic E-state index is 13.2. The van der Waals surface area contributed by atoms with E-state index < -0.39 is 29.8 Å².